The first-order chi connectivity index (χ1) is 17.9. The molecule has 15 heteroatoms. The minimum absolute atomic E-state index is 0.0281. The fourth-order valence-corrected chi connectivity index (χ4v) is 3.11. The molecule has 2 atom stereocenters. The summed E-state index contributed by atoms with van der Waals surface area (Å²) < 4.78 is 0. The van der Waals surface area contributed by atoms with Gasteiger partial charge in [-0.3, -0.25) is 19.2 Å². The van der Waals surface area contributed by atoms with Crippen LogP contribution in [0.15, 0.2) is 29.1 Å². The molecule has 2 aromatic rings. The molecule has 0 unspecified atom stereocenters. The number of aromatic amines is 1. The number of rotatable bonds is 9. The first-order valence-electron chi connectivity index (χ1n) is 11.5. The van der Waals surface area contributed by atoms with Gasteiger partial charge in [-0.25, -0.2) is 4.79 Å². The second kappa shape index (κ2) is 13.5. The molecular formula is C23H32N8O7. The number of nitrogen functional groups attached to an aromatic ring is 1. The van der Waals surface area contributed by atoms with Crippen LogP contribution in [0.3, 0.4) is 0 Å². The van der Waals surface area contributed by atoms with Crippen LogP contribution < -0.4 is 32.6 Å². The largest absolute Gasteiger partial charge is 0.481 e. The molecular weight excluding hydrogens is 500 g/mol. The summed E-state index contributed by atoms with van der Waals surface area (Å²) in [6.07, 6.45) is -0.587. The summed E-state index contributed by atoms with van der Waals surface area (Å²) in [6.45, 7) is 2.50. The standard InChI is InChI=1S/C19H23N7O6.C4H9NO/c20-19-25-15-14(17(30)26-19)23-11(8-22-15)7-21-10-3-1-9(2-4-10)16(29)24-12(18(31)32)5-6-13(27)28;1-4(6)5(2)3/h1-4,11-12,21,23H,5-8H2,(H,24,29)(H,27,28)(H,31,32)(H4,20,22,25,26,30);1-3H3/t11-,12+;/m1./s1. The minimum atomic E-state index is -1.30. The van der Waals surface area contributed by atoms with Crippen LogP contribution in [0.4, 0.5) is 23.1 Å². The van der Waals surface area contributed by atoms with Crippen LogP contribution in [0, 0.1) is 0 Å². The topological polar surface area (TPSA) is 232 Å². The number of nitrogens with one attached hydrogen (secondary N) is 5. The minimum Gasteiger partial charge on any atom is -0.481 e. The molecule has 1 aromatic carbocycles. The van der Waals surface area contributed by atoms with Crippen LogP contribution in [0.2, 0.25) is 0 Å². The van der Waals surface area contributed by atoms with Crippen molar-refractivity contribution in [2.45, 2.75) is 31.8 Å². The average molecular weight is 533 g/mol. The smallest absolute Gasteiger partial charge is 0.326 e. The number of nitrogens with two attached hydrogens (primary N) is 1. The zero-order chi connectivity index (χ0) is 28.4. The summed E-state index contributed by atoms with van der Waals surface area (Å²) in [7, 11) is 3.45. The molecule has 0 saturated carbocycles. The highest BCUT2D eigenvalue weighted by atomic mass is 16.4. The van der Waals surface area contributed by atoms with Crippen molar-refractivity contribution in [2.75, 3.05) is 48.9 Å². The van der Waals surface area contributed by atoms with Gasteiger partial charge >= 0.3 is 11.9 Å². The van der Waals surface area contributed by atoms with E-state index >= 15 is 0 Å². The Balaban J connectivity index is 0.000000757. The van der Waals surface area contributed by atoms with E-state index in [-0.39, 0.29) is 36.3 Å². The van der Waals surface area contributed by atoms with E-state index in [1.165, 1.54) is 24.0 Å². The predicted octanol–water partition coefficient (Wildman–Crippen LogP) is -0.187. The van der Waals surface area contributed by atoms with Gasteiger partial charge in [-0.05, 0) is 30.7 Å². The second-order valence-corrected chi connectivity index (χ2v) is 8.57. The van der Waals surface area contributed by atoms with Gasteiger partial charge in [0, 0.05) is 51.8 Å². The normalized spacial score (nSPS) is 14.2. The molecule has 15 nitrogen and oxygen atoms in total. The molecule has 1 aliphatic heterocycles. The molecule has 2 heterocycles. The summed E-state index contributed by atoms with van der Waals surface area (Å²) >= 11 is 0. The van der Waals surface area contributed by atoms with Gasteiger partial charge in [0.05, 0.1) is 6.04 Å². The number of amides is 2. The molecule has 38 heavy (non-hydrogen) atoms. The Kier molecular flexibility index (Phi) is 10.4. The van der Waals surface area contributed by atoms with Crippen molar-refractivity contribution in [2.24, 2.45) is 0 Å². The molecule has 0 spiro atoms. The molecule has 206 valence electrons. The number of hydrogen-bond donors (Lipinski definition) is 8. The third kappa shape index (κ3) is 9.00. The number of anilines is 4. The van der Waals surface area contributed by atoms with Crippen molar-refractivity contribution in [3.8, 4) is 0 Å². The lowest BCUT2D eigenvalue weighted by Crippen LogP contribution is -2.41. The summed E-state index contributed by atoms with van der Waals surface area (Å²) in [6, 6.07) is 4.93. The number of aromatic nitrogens is 2. The molecule has 0 saturated heterocycles. The van der Waals surface area contributed by atoms with Crippen molar-refractivity contribution >= 4 is 46.9 Å². The quantitative estimate of drug-likeness (QED) is 0.210. The monoisotopic (exact) mass is 532 g/mol. The van der Waals surface area contributed by atoms with Crippen LogP contribution >= 0.6 is 0 Å². The van der Waals surface area contributed by atoms with Gasteiger partial charge in [-0.1, -0.05) is 0 Å². The molecule has 0 bridgehead atoms. The molecule has 0 aliphatic carbocycles. The van der Waals surface area contributed by atoms with Crippen LogP contribution in [0.1, 0.15) is 30.1 Å². The highest BCUT2D eigenvalue weighted by Gasteiger charge is 2.22. The molecule has 0 radical (unpaired) electrons. The molecule has 0 fully saturated rings. The van der Waals surface area contributed by atoms with Gasteiger partial charge in [0.2, 0.25) is 11.9 Å². The van der Waals surface area contributed by atoms with Gasteiger partial charge < -0.3 is 47.1 Å². The summed E-state index contributed by atoms with van der Waals surface area (Å²) in [5.41, 5.74) is 6.31. The highest BCUT2D eigenvalue weighted by Crippen LogP contribution is 2.20. The van der Waals surface area contributed by atoms with E-state index in [0.717, 1.165) is 0 Å². The summed E-state index contributed by atoms with van der Waals surface area (Å²) in [5.74, 6) is -2.45. The van der Waals surface area contributed by atoms with Crippen molar-refractivity contribution < 1.29 is 29.4 Å². The lowest BCUT2D eigenvalue weighted by molar-refractivity contribution is -0.140. The van der Waals surface area contributed by atoms with Crippen LogP contribution in [0.5, 0.6) is 0 Å². The zero-order valence-electron chi connectivity index (χ0n) is 21.2. The Morgan fingerprint density at radius 1 is 1.18 bits per heavy atom. The molecule has 1 aromatic heterocycles. The van der Waals surface area contributed by atoms with Gasteiger partial charge in [-0.2, -0.15) is 4.98 Å². The first-order valence-corrected chi connectivity index (χ1v) is 11.5. The number of hydrogen-bond acceptors (Lipinski definition) is 10. The lowest BCUT2D eigenvalue weighted by Gasteiger charge is -2.27. The maximum Gasteiger partial charge on any atom is 0.326 e. The number of benzene rings is 1. The van der Waals surface area contributed by atoms with Crippen LogP contribution in [-0.2, 0) is 14.4 Å². The maximum atomic E-state index is 12.3. The Morgan fingerprint density at radius 2 is 1.82 bits per heavy atom. The number of carbonyl (C=O) groups excluding carboxylic acids is 2. The molecule has 1 aliphatic rings. The van der Waals surface area contributed by atoms with Gasteiger partial charge in [0.25, 0.3) is 11.5 Å². The van der Waals surface area contributed by atoms with E-state index < -0.39 is 29.4 Å². The van der Waals surface area contributed by atoms with E-state index in [1.54, 1.807) is 26.2 Å². The van der Waals surface area contributed by atoms with E-state index in [1.807, 2.05) is 0 Å². The summed E-state index contributed by atoms with van der Waals surface area (Å²) in [4.78, 5) is 64.1. The van der Waals surface area contributed by atoms with Crippen molar-refractivity contribution in [3.05, 3.63) is 40.2 Å². The zero-order valence-corrected chi connectivity index (χ0v) is 21.2. The summed E-state index contributed by atoms with van der Waals surface area (Å²) in [5, 5.41) is 29.5. The van der Waals surface area contributed by atoms with Crippen molar-refractivity contribution in [3.63, 3.8) is 0 Å². The fourth-order valence-electron chi connectivity index (χ4n) is 3.11. The molecule has 3 rings (SSSR count). The Hall–Kier alpha value is -4.82. The number of aliphatic carboxylic acids is 2. The number of carbonyl (C=O) groups is 4. The van der Waals surface area contributed by atoms with Crippen LogP contribution in [-0.4, -0.2) is 88.1 Å². The van der Waals surface area contributed by atoms with Gasteiger partial charge in [0.1, 0.15) is 17.5 Å². The Bertz CT molecular complexity index is 1210. The number of fused-ring (bicyclic) bond motifs is 1. The SMILES string of the molecule is CC(=O)N(C)C.Nc1nc(=O)c2c([nH]1)NC[C@@H](CNc1ccc(C(=O)N[C@@H](CCC(=O)O)C(=O)O)cc1)N2. The second-order valence-electron chi connectivity index (χ2n) is 8.57. The van der Waals surface area contributed by atoms with Crippen molar-refractivity contribution in [1.29, 1.82) is 0 Å². The fraction of sp³-hybridized carbons (Fsp3) is 0.391. The average Bonchev–Trinajstić information content (AvgIpc) is 2.85. The van der Waals surface area contributed by atoms with E-state index in [2.05, 4.69) is 31.2 Å². The highest BCUT2D eigenvalue weighted by molar-refractivity contribution is 5.97. The predicted molar refractivity (Wildman–Crippen MR) is 140 cm³/mol. The Labute approximate surface area is 217 Å². The van der Waals surface area contributed by atoms with Gasteiger partial charge in [0.15, 0.2) is 0 Å². The number of nitrogens with zero attached hydrogens (tertiary/aromatic N) is 2. The van der Waals surface area contributed by atoms with Crippen molar-refractivity contribution in [1.82, 2.24) is 20.2 Å². The first kappa shape index (κ1) is 29.4. The molecule has 2 amide bonds. The number of carboxylic acids is 2. The number of carboxylic acid groups (broad SMARTS) is 2. The van der Waals surface area contributed by atoms with Gasteiger partial charge in [-0.15, -0.1) is 0 Å². The van der Waals surface area contributed by atoms with Crippen LogP contribution in [0.25, 0.3) is 0 Å². The maximum absolute atomic E-state index is 12.3. The Morgan fingerprint density at radius 3 is 2.37 bits per heavy atom. The number of H-pyrrole nitrogens is 1. The van der Waals surface area contributed by atoms with E-state index in [0.29, 0.717) is 30.3 Å². The molecule has 9 N–H and O–H groups in total. The third-order valence-corrected chi connectivity index (χ3v) is 5.39. The lowest BCUT2D eigenvalue weighted by atomic mass is 10.1. The van der Waals surface area contributed by atoms with E-state index in [9.17, 15) is 24.0 Å². The van der Waals surface area contributed by atoms with E-state index in [4.69, 9.17) is 15.9 Å². The third-order valence-electron chi connectivity index (χ3n) is 5.39.